The summed E-state index contributed by atoms with van der Waals surface area (Å²) in [5, 5.41) is 4.78. The Morgan fingerprint density at radius 1 is 1.15 bits per heavy atom. The molecule has 3 nitrogen and oxygen atoms in total. The van der Waals surface area contributed by atoms with E-state index in [0.717, 1.165) is 18.8 Å². The number of ether oxygens (including phenoxy) is 1. The molecule has 0 aliphatic carbocycles. The molecule has 0 saturated heterocycles. The molecule has 0 aliphatic heterocycles. The summed E-state index contributed by atoms with van der Waals surface area (Å²) in [6, 6.07) is 8.42. The van der Waals surface area contributed by atoms with Crippen molar-refractivity contribution in [3.8, 4) is 5.75 Å². The molecule has 0 radical (unpaired) electrons. The van der Waals surface area contributed by atoms with Crippen molar-refractivity contribution in [1.82, 2.24) is 9.88 Å². The van der Waals surface area contributed by atoms with Gasteiger partial charge in [-0.25, -0.2) is 0 Å². The fraction of sp³-hybridized carbons (Fsp3) is 0.529. The molecule has 110 valence electrons. The molecule has 20 heavy (non-hydrogen) atoms. The second-order valence-electron chi connectivity index (χ2n) is 6.32. The predicted octanol–water partition coefficient (Wildman–Crippen LogP) is 3.82. The van der Waals surface area contributed by atoms with Crippen LogP contribution in [0, 0.1) is 0 Å². The van der Waals surface area contributed by atoms with Gasteiger partial charge >= 0.3 is 0 Å². The molecule has 1 N–H and O–H groups in total. The third-order valence-electron chi connectivity index (χ3n) is 3.46. The van der Waals surface area contributed by atoms with Gasteiger partial charge in [-0.15, -0.1) is 0 Å². The van der Waals surface area contributed by atoms with Gasteiger partial charge in [0, 0.05) is 29.2 Å². The van der Waals surface area contributed by atoms with Gasteiger partial charge < -0.3 is 14.6 Å². The number of aromatic nitrogens is 1. The van der Waals surface area contributed by atoms with E-state index in [1.165, 1.54) is 23.7 Å². The third-order valence-corrected chi connectivity index (χ3v) is 3.46. The summed E-state index contributed by atoms with van der Waals surface area (Å²) >= 11 is 0. The zero-order chi connectivity index (χ0) is 14.6. The molecular formula is C17H26N2O. The lowest BCUT2D eigenvalue weighted by Gasteiger charge is -2.20. The largest absolute Gasteiger partial charge is 0.497 e. The first kappa shape index (κ1) is 14.9. The first-order chi connectivity index (χ1) is 9.49. The van der Waals surface area contributed by atoms with Crippen LogP contribution in [0.15, 0.2) is 30.5 Å². The molecule has 0 unspecified atom stereocenters. The molecule has 0 saturated carbocycles. The van der Waals surface area contributed by atoms with Crippen molar-refractivity contribution in [2.75, 3.05) is 13.7 Å². The van der Waals surface area contributed by atoms with Crippen LogP contribution in [0.25, 0.3) is 10.9 Å². The minimum absolute atomic E-state index is 0.219. The molecule has 2 aromatic rings. The summed E-state index contributed by atoms with van der Waals surface area (Å²) in [4.78, 5) is 0. The van der Waals surface area contributed by atoms with E-state index < -0.39 is 0 Å². The summed E-state index contributed by atoms with van der Waals surface area (Å²) in [5.41, 5.74) is 1.51. The minimum atomic E-state index is 0.219. The smallest absolute Gasteiger partial charge is 0.119 e. The van der Waals surface area contributed by atoms with Crippen LogP contribution in [0.3, 0.4) is 0 Å². The number of fused-ring (bicyclic) bond motifs is 1. The molecule has 1 aromatic heterocycles. The van der Waals surface area contributed by atoms with Gasteiger partial charge in [0.25, 0.3) is 0 Å². The Morgan fingerprint density at radius 3 is 2.65 bits per heavy atom. The van der Waals surface area contributed by atoms with Crippen molar-refractivity contribution < 1.29 is 4.74 Å². The molecule has 3 heteroatoms. The summed E-state index contributed by atoms with van der Waals surface area (Å²) in [6.07, 6.45) is 4.56. The van der Waals surface area contributed by atoms with Gasteiger partial charge in [-0.05, 0) is 64.4 Å². The lowest BCUT2D eigenvalue weighted by Crippen LogP contribution is -2.36. The second kappa shape index (κ2) is 6.31. The maximum Gasteiger partial charge on any atom is 0.119 e. The first-order valence-electron chi connectivity index (χ1n) is 7.37. The Balaban J connectivity index is 1.87. The van der Waals surface area contributed by atoms with Crippen LogP contribution in [0.2, 0.25) is 0 Å². The van der Waals surface area contributed by atoms with E-state index in [1.54, 1.807) is 7.11 Å². The Labute approximate surface area is 121 Å². The van der Waals surface area contributed by atoms with Gasteiger partial charge in [0.2, 0.25) is 0 Å². The van der Waals surface area contributed by atoms with Crippen molar-refractivity contribution in [1.29, 1.82) is 0 Å². The molecule has 0 atom stereocenters. The number of hydrogen-bond donors (Lipinski definition) is 1. The lowest BCUT2D eigenvalue weighted by molar-refractivity contribution is 0.414. The van der Waals surface area contributed by atoms with Crippen LogP contribution in [0.4, 0.5) is 0 Å². The highest BCUT2D eigenvalue weighted by Gasteiger charge is 2.07. The molecule has 2 rings (SSSR count). The van der Waals surface area contributed by atoms with Crippen molar-refractivity contribution >= 4 is 10.9 Å². The van der Waals surface area contributed by atoms with E-state index in [9.17, 15) is 0 Å². The number of nitrogens with one attached hydrogen (secondary N) is 1. The highest BCUT2D eigenvalue weighted by molar-refractivity contribution is 5.81. The van der Waals surface area contributed by atoms with Crippen LogP contribution in [-0.2, 0) is 6.54 Å². The zero-order valence-corrected chi connectivity index (χ0v) is 13.1. The van der Waals surface area contributed by atoms with Crippen LogP contribution >= 0.6 is 0 Å². The average Bonchev–Trinajstić information content (AvgIpc) is 2.79. The molecule has 0 spiro atoms. The molecule has 0 fully saturated rings. The van der Waals surface area contributed by atoms with Crippen molar-refractivity contribution in [2.24, 2.45) is 0 Å². The number of benzene rings is 1. The molecule has 1 heterocycles. The van der Waals surface area contributed by atoms with Crippen molar-refractivity contribution in [2.45, 2.75) is 45.7 Å². The third kappa shape index (κ3) is 4.01. The number of methoxy groups -OCH3 is 1. The summed E-state index contributed by atoms with van der Waals surface area (Å²) in [7, 11) is 1.71. The topological polar surface area (TPSA) is 26.2 Å². The maximum atomic E-state index is 5.26. The predicted molar refractivity (Wildman–Crippen MR) is 85.5 cm³/mol. The summed E-state index contributed by atoms with van der Waals surface area (Å²) < 4.78 is 7.58. The standard InChI is InChI=1S/C17H26N2O/c1-17(2,3)18-10-5-6-11-19-12-9-14-13-15(20-4)7-8-16(14)19/h7-9,12-13,18H,5-6,10-11H2,1-4H3. The Kier molecular flexibility index (Phi) is 4.71. The average molecular weight is 274 g/mol. The Hall–Kier alpha value is -1.48. The Bertz CT molecular complexity index is 552. The zero-order valence-electron chi connectivity index (χ0n) is 13.1. The molecule has 0 amide bonds. The first-order valence-corrected chi connectivity index (χ1v) is 7.37. The monoisotopic (exact) mass is 274 g/mol. The highest BCUT2D eigenvalue weighted by atomic mass is 16.5. The quantitative estimate of drug-likeness (QED) is 0.810. The van der Waals surface area contributed by atoms with Crippen molar-refractivity contribution in [3.05, 3.63) is 30.5 Å². The lowest BCUT2D eigenvalue weighted by atomic mass is 10.1. The minimum Gasteiger partial charge on any atom is -0.497 e. The van der Waals surface area contributed by atoms with Gasteiger partial charge in [-0.1, -0.05) is 0 Å². The number of rotatable bonds is 6. The summed E-state index contributed by atoms with van der Waals surface area (Å²) in [5.74, 6) is 0.921. The van der Waals surface area contributed by atoms with Gasteiger partial charge in [-0.3, -0.25) is 0 Å². The van der Waals surface area contributed by atoms with E-state index in [2.05, 4.69) is 55.1 Å². The van der Waals surface area contributed by atoms with Crippen LogP contribution in [0.1, 0.15) is 33.6 Å². The van der Waals surface area contributed by atoms with E-state index >= 15 is 0 Å². The highest BCUT2D eigenvalue weighted by Crippen LogP contribution is 2.22. The maximum absolute atomic E-state index is 5.26. The Morgan fingerprint density at radius 2 is 1.95 bits per heavy atom. The van der Waals surface area contributed by atoms with Crippen LogP contribution < -0.4 is 10.1 Å². The van der Waals surface area contributed by atoms with Gasteiger partial charge in [0.1, 0.15) is 5.75 Å². The van der Waals surface area contributed by atoms with Crippen molar-refractivity contribution in [3.63, 3.8) is 0 Å². The summed E-state index contributed by atoms with van der Waals surface area (Å²) in [6.45, 7) is 8.78. The van der Waals surface area contributed by atoms with E-state index in [1.807, 2.05) is 6.07 Å². The molecule has 0 bridgehead atoms. The fourth-order valence-electron chi connectivity index (χ4n) is 2.37. The number of nitrogens with zero attached hydrogens (tertiary/aromatic N) is 1. The molecular weight excluding hydrogens is 248 g/mol. The number of unbranched alkanes of at least 4 members (excludes halogenated alkanes) is 1. The van der Waals surface area contributed by atoms with E-state index in [-0.39, 0.29) is 5.54 Å². The number of hydrogen-bond acceptors (Lipinski definition) is 2. The molecule has 0 aliphatic rings. The van der Waals surface area contributed by atoms with Crippen LogP contribution in [-0.4, -0.2) is 23.8 Å². The van der Waals surface area contributed by atoms with Gasteiger partial charge in [0.05, 0.1) is 7.11 Å². The number of aryl methyl sites for hydroxylation is 1. The second-order valence-corrected chi connectivity index (χ2v) is 6.32. The van der Waals surface area contributed by atoms with Crippen LogP contribution in [0.5, 0.6) is 5.75 Å². The fourth-order valence-corrected chi connectivity index (χ4v) is 2.37. The van der Waals surface area contributed by atoms with E-state index in [0.29, 0.717) is 0 Å². The SMILES string of the molecule is COc1ccc2c(ccn2CCCCNC(C)(C)C)c1. The van der Waals surface area contributed by atoms with Gasteiger partial charge in [0.15, 0.2) is 0 Å². The molecule has 1 aromatic carbocycles. The van der Waals surface area contributed by atoms with Gasteiger partial charge in [-0.2, -0.15) is 0 Å². The normalized spacial score (nSPS) is 12.0. The van der Waals surface area contributed by atoms with E-state index in [4.69, 9.17) is 4.74 Å².